The van der Waals surface area contributed by atoms with Gasteiger partial charge in [0.05, 0.1) is 11.5 Å². The second-order valence-corrected chi connectivity index (χ2v) is 8.12. The van der Waals surface area contributed by atoms with Gasteiger partial charge in [-0.3, -0.25) is 4.79 Å². The number of esters is 1. The number of benzene rings is 2. The van der Waals surface area contributed by atoms with Gasteiger partial charge in [-0.2, -0.15) is 0 Å². The maximum absolute atomic E-state index is 15.0. The van der Waals surface area contributed by atoms with E-state index in [9.17, 15) is 13.6 Å². The molecule has 0 saturated heterocycles. The van der Waals surface area contributed by atoms with E-state index in [1.165, 1.54) is 12.1 Å². The van der Waals surface area contributed by atoms with Crippen LogP contribution in [0.25, 0.3) is 11.1 Å². The van der Waals surface area contributed by atoms with E-state index in [-0.39, 0.29) is 17.2 Å². The van der Waals surface area contributed by atoms with Crippen LogP contribution in [0.4, 0.5) is 13.2 Å². The molecular weight excluding hydrogens is 389 g/mol. The first-order valence-corrected chi connectivity index (χ1v) is 10.9. The van der Waals surface area contributed by atoms with Gasteiger partial charge in [0.15, 0.2) is 0 Å². The maximum atomic E-state index is 15.0. The van der Waals surface area contributed by atoms with E-state index in [1.807, 2.05) is 19.1 Å². The van der Waals surface area contributed by atoms with Gasteiger partial charge in [-0.25, -0.2) is 13.2 Å². The SMILES string of the molecule is CCCC1CCC(C(=O)Oc2ccc(-c3ccc(CC)cc3)c(F)c2C(F)F)CC1. The minimum Gasteiger partial charge on any atom is -0.426 e. The van der Waals surface area contributed by atoms with Crippen molar-refractivity contribution in [3.05, 3.63) is 53.3 Å². The van der Waals surface area contributed by atoms with E-state index in [1.54, 1.807) is 12.1 Å². The summed E-state index contributed by atoms with van der Waals surface area (Å²) in [5, 5.41) is 0. The monoisotopic (exact) mass is 418 g/mol. The van der Waals surface area contributed by atoms with Crippen molar-refractivity contribution in [1.82, 2.24) is 0 Å². The van der Waals surface area contributed by atoms with Crippen molar-refractivity contribution in [2.75, 3.05) is 0 Å². The van der Waals surface area contributed by atoms with Crippen molar-refractivity contribution in [3.63, 3.8) is 0 Å². The van der Waals surface area contributed by atoms with Crippen molar-refractivity contribution in [2.45, 2.75) is 65.2 Å². The number of carbonyl (C=O) groups is 1. The first-order valence-electron chi connectivity index (χ1n) is 10.9. The highest BCUT2D eigenvalue weighted by atomic mass is 19.3. The molecule has 0 N–H and O–H groups in total. The predicted molar refractivity (Wildman–Crippen MR) is 112 cm³/mol. The van der Waals surface area contributed by atoms with Crippen LogP contribution in [0.3, 0.4) is 0 Å². The molecule has 3 rings (SSSR count). The Morgan fingerprint density at radius 2 is 1.70 bits per heavy atom. The normalized spacial score (nSPS) is 19.1. The molecule has 0 heterocycles. The largest absolute Gasteiger partial charge is 0.426 e. The predicted octanol–water partition coefficient (Wildman–Crippen LogP) is 7.50. The molecule has 1 aliphatic carbocycles. The molecule has 5 heteroatoms. The molecule has 0 atom stereocenters. The van der Waals surface area contributed by atoms with Gasteiger partial charge in [0, 0.05) is 5.56 Å². The van der Waals surface area contributed by atoms with E-state index >= 15 is 4.39 Å². The van der Waals surface area contributed by atoms with Crippen LogP contribution in [0.5, 0.6) is 5.75 Å². The van der Waals surface area contributed by atoms with Crippen LogP contribution in [0.1, 0.15) is 69.9 Å². The van der Waals surface area contributed by atoms with Crippen molar-refractivity contribution in [2.24, 2.45) is 11.8 Å². The summed E-state index contributed by atoms with van der Waals surface area (Å²) in [4.78, 5) is 12.6. The highest BCUT2D eigenvalue weighted by Crippen LogP contribution is 2.38. The zero-order chi connectivity index (χ0) is 21.7. The van der Waals surface area contributed by atoms with E-state index in [2.05, 4.69) is 6.92 Å². The Morgan fingerprint density at radius 1 is 1.03 bits per heavy atom. The maximum Gasteiger partial charge on any atom is 0.314 e. The van der Waals surface area contributed by atoms with Gasteiger partial charge in [0.1, 0.15) is 11.6 Å². The van der Waals surface area contributed by atoms with Crippen LogP contribution in [-0.2, 0) is 11.2 Å². The number of rotatable bonds is 7. The summed E-state index contributed by atoms with van der Waals surface area (Å²) in [5.74, 6) is -1.64. The van der Waals surface area contributed by atoms with E-state index in [0.717, 1.165) is 37.7 Å². The molecule has 2 nitrogen and oxygen atoms in total. The Morgan fingerprint density at radius 3 is 2.27 bits per heavy atom. The lowest BCUT2D eigenvalue weighted by atomic mass is 9.80. The van der Waals surface area contributed by atoms with Crippen LogP contribution in [0.15, 0.2) is 36.4 Å². The number of hydrogen-bond donors (Lipinski definition) is 0. The molecular formula is C25H29F3O2. The summed E-state index contributed by atoms with van der Waals surface area (Å²) < 4.78 is 47.7. The number of hydrogen-bond acceptors (Lipinski definition) is 2. The third kappa shape index (κ3) is 5.05. The average Bonchev–Trinajstić information content (AvgIpc) is 2.74. The fraction of sp³-hybridized carbons (Fsp3) is 0.480. The first kappa shape index (κ1) is 22.4. The van der Waals surface area contributed by atoms with Gasteiger partial charge in [0.2, 0.25) is 0 Å². The van der Waals surface area contributed by atoms with E-state index in [0.29, 0.717) is 24.3 Å². The molecule has 0 aliphatic heterocycles. The zero-order valence-electron chi connectivity index (χ0n) is 17.6. The van der Waals surface area contributed by atoms with Crippen LogP contribution in [-0.4, -0.2) is 5.97 Å². The third-order valence-electron chi connectivity index (χ3n) is 6.12. The molecule has 2 aromatic rings. The highest BCUT2D eigenvalue weighted by molar-refractivity contribution is 5.76. The molecule has 2 aromatic carbocycles. The molecule has 0 bridgehead atoms. The van der Waals surface area contributed by atoms with Crippen LogP contribution < -0.4 is 4.74 Å². The number of aryl methyl sites for hydroxylation is 1. The highest BCUT2D eigenvalue weighted by Gasteiger charge is 2.30. The summed E-state index contributed by atoms with van der Waals surface area (Å²) in [6.45, 7) is 4.15. The van der Waals surface area contributed by atoms with E-state index in [4.69, 9.17) is 4.74 Å². The van der Waals surface area contributed by atoms with Crippen molar-refractivity contribution < 1.29 is 22.7 Å². The van der Waals surface area contributed by atoms with E-state index < -0.39 is 23.8 Å². The summed E-state index contributed by atoms with van der Waals surface area (Å²) in [5.41, 5.74) is 0.819. The third-order valence-corrected chi connectivity index (χ3v) is 6.12. The van der Waals surface area contributed by atoms with Gasteiger partial charge in [-0.1, -0.05) is 51.0 Å². The molecule has 1 fully saturated rings. The van der Waals surface area contributed by atoms with Gasteiger partial charge in [-0.15, -0.1) is 0 Å². The second-order valence-electron chi connectivity index (χ2n) is 8.12. The number of alkyl halides is 2. The molecule has 0 unspecified atom stereocenters. The van der Waals surface area contributed by atoms with Crippen molar-refractivity contribution >= 4 is 5.97 Å². The summed E-state index contributed by atoms with van der Waals surface area (Å²) in [7, 11) is 0. The molecule has 30 heavy (non-hydrogen) atoms. The molecule has 0 amide bonds. The zero-order valence-corrected chi connectivity index (χ0v) is 17.6. The Bertz CT molecular complexity index is 853. The number of halogens is 3. The standard InChI is InChI=1S/C25H29F3O2/c1-3-5-17-8-12-19(13-9-17)25(29)30-21-15-14-20(23(26)22(21)24(27)28)18-10-6-16(4-2)7-11-18/h6-7,10-11,14-15,17,19,24H,3-5,8-9,12-13H2,1-2H3. The fourth-order valence-corrected chi connectivity index (χ4v) is 4.30. The molecule has 0 spiro atoms. The van der Waals surface area contributed by atoms with Crippen LogP contribution in [0, 0.1) is 17.7 Å². The Labute approximate surface area is 176 Å². The van der Waals surface area contributed by atoms with Crippen molar-refractivity contribution in [3.8, 4) is 16.9 Å². The van der Waals surface area contributed by atoms with Crippen LogP contribution >= 0.6 is 0 Å². The molecule has 1 aliphatic rings. The first-order chi connectivity index (χ1) is 14.4. The summed E-state index contributed by atoms with van der Waals surface area (Å²) >= 11 is 0. The summed E-state index contributed by atoms with van der Waals surface area (Å²) in [6.07, 6.45) is 3.28. The Kier molecular flexibility index (Phi) is 7.57. The lowest BCUT2D eigenvalue weighted by Gasteiger charge is -2.27. The molecule has 1 saturated carbocycles. The minimum absolute atomic E-state index is 0.0767. The fourth-order valence-electron chi connectivity index (χ4n) is 4.30. The van der Waals surface area contributed by atoms with Crippen molar-refractivity contribution in [1.29, 1.82) is 0 Å². The van der Waals surface area contributed by atoms with Gasteiger partial charge < -0.3 is 4.74 Å². The lowest BCUT2D eigenvalue weighted by molar-refractivity contribution is -0.140. The number of ether oxygens (including phenoxy) is 1. The Balaban J connectivity index is 1.79. The minimum atomic E-state index is -3.08. The molecule has 0 aromatic heterocycles. The van der Waals surface area contributed by atoms with Gasteiger partial charge >= 0.3 is 5.97 Å². The van der Waals surface area contributed by atoms with Gasteiger partial charge in [0.25, 0.3) is 6.43 Å². The Hall–Kier alpha value is -2.30. The smallest absolute Gasteiger partial charge is 0.314 e. The average molecular weight is 418 g/mol. The second kappa shape index (κ2) is 10.1. The van der Waals surface area contributed by atoms with Gasteiger partial charge in [-0.05, 0) is 61.3 Å². The quantitative estimate of drug-likeness (QED) is 0.344. The molecule has 162 valence electrons. The topological polar surface area (TPSA) is 26.3 Å². The van der Waals surface area contributed by atoms with Crippen LogP contribution in [0.2, 0.25) is 0 Å². The number of carbonyl (C=O) groups excluding carboxylic acids is 1. The lowest BCUT2D eigenvalue weighted by Crippen LogP contribution is -2.26. The molecule has 0 radical (unpaired) electrons. The summed E-state index contributed by atoms with van der Waals surface area (Å²) in [6, 6.07) is 9.82.